The van der Waals surface area contributed by atoms with E-state index in [1.54, 1.807) is 0 Å². The summed E-state index contributed by atoms with van der Waals surface area (Å²) in [5, 5.41) is 0. The van der Waals surface area contributed by atoms with Gasteiger partial charge in [-0.15, -0.1) is 0 Å². The van der Waals surface area contributed by atoms with Gasteiger partial charge in [0.2, 0.25) is 0 Å². The van der Waals surface area contributed by atoms with E-state index in [-0.39, 0.29) is 6.29 Å². The number of hydrogen-bond acceptors (Lipinski definition) is 2. The first kappa shape index (κ1) is 11.7. The highest BCUT2D eigenvalue weighted by Gasteiger charge is 2.28. The summed E-state index contributed by atoms with van der Waals surface area (Å²) in [5.74, 6) is 0.580. The average Bonchev–Trinajstić information content (AvgIpc) is 2.19. The zero-order valence-electron chi connectivity index (χ0n) is 9.53. The predicted octanol–water partition coefficient (Wildman–Crippen LogP) is 3.13. The highest BCUT2D eigenvalue weighted by molar-refractivity contribution is 4.85. The average molecular weight is 198 g/mol. The topological polar surface area (TPSA) is 18.5 Å². The van der Waals surface area contributed by atoms with Gasteiger partial charge in [-0.25, -0.2) is 0 Å². The molecule has 1 saturated heterocycles. The van der Waals surface area contributed by atoms with Crippen LogP contribution < -0.4 is 0 Å². The van der Waals surface area contributed by atoms with Crippen molar-refractivity contribution >= 4 is 0 Å². The summed E-state index contributed by atoms with van der Waals surface area (Å²) in [6, 6.07) is 0. The Morgan fingerprint density at radius 2 is 2.14 bits per heavy atom. The van der Waals surface area contributed by atoms with E-state index in [4.69, 9.17) is 9.47 Å². The molecule has 2 nitrogen and oxygen atoms in total. The molecule has 2 heteroatoms. The fraction of sp³-hybridized carbons (Fsp3) is 0.833. The van der Waals surface area contributed by atoms with Gasteiger partial charge in [-0.2, -0.15) is 0 Å². The van der Waals surface area contributed by atoms with E-state index >= 15 is 0 Å². The van der Waals surface area contributed by atoms with Crippen LogP contribution in [0.25, 0.3) is 0 Å². The summed E-state index contributed by atoms with van der Waals surface area (Å²) in [5.41, 5.74) is 0. The second-order valence-corrected chi connectivity index (χ2v) is 3.86. The van der Waals surface area contributed by atoms with Gasteiger partial charge in [-0.3, -0.25) is 0 Å². The lowest BCUT2D eigenvalue weighted by atomic mass is 9.96. The molecule has 1 heterocycles. The van der Waals surface area contributed by atoms with Crippen LogP contribution >= 0.6 is 0 Å². The normalized spacial score (nSPS) is 33.8. The van der Waals surface area contributed by atoms with Crippen LogP contribution in [0.1, 0.15) is 40.0 Å². The lowest BCUT2D eigenvalue weighted by Gasteiger charge is -2.35. The molecule has 1 rings (SSSR count). The summed E-state index contributed by atoms with van der Waals surface area (Å²) in [4.78, 5) is 0. The Morgan fingerprint density at radius 3 is 2.71 bits per heavy atom. The summed E-state index contributed by atoms with van der Waals surface area (Å²) in [6.07, 6.45) is 7.72. The van der Waals surface area contributed by atoms with Gasteiger partial charge in [0.15, 0.2) is 6.29 Å². The maximum Gasteiger partial charge on any atom is 0.177 e. The van der Waals surface area contributed by atoms with Crippen LogP contribution in [0.5, 0.6) is 0 Å². The Balaban J connectivity index is 2.47. The number of allylic oxidation sites excluding steroid dienone is 1. The van der Waals surface area contributed by atoms with Crippen LogP contribution in [0.2, 0.25) is 0 Å². The van der Waals surface area contributed by atoms with Crippen molar-refractivity contribution in [2.45, 2.75) is 52.4 Å². The third-order valence-corrected chi connectivity index (χ3v) is 2.76. The molecule has 0 radical (unpaired) electrons. The van der Waals surface area contributed by atoms with E-state index in [1.807, 2.05) is 19.1 Å². The summed E-state index contributed by atoms with van der Waals surface area (Å²) in [7, 11) is 0. The molecule has 0 N–H and O–H groups in total. The molecule has 0 bridgehead atoms. The molecule has 0 amide bonds. The molecular weight excluding hydrogens is 176 g/mol. The lowest BCUT2D eigenvalue weighted by Crippen LogP contribution is -2.38. The van der Waals surface area contributed by atoms with Gasteiger partial charge in [0, 0.05) is 5.92 Å². The molecule has 0 aliphatic carbocycles. The molecule has 0 aromatic carbocycles. The number of ether oxygens (including phenoxy) is 2. The van der Waals surface area contributed by atoms with Gasteiger partial charge in [0.05, 0.1) is 12.7 Å². The van der Waals surface area contributed by atoms with Gasteiger partial charge < -0.3 is 9.47 Å². The number of rotatable bonds is 4. The molecular formula is C12H22O2. The molecule has 0 aromatic heterocycles. The van der Waals surface area contributed by atoms with Gasteiger partial charge >= 0.3 is 0 Å². The molecule has 1 fully saturated rings. The molecule has 0 spiro atoms. The zero-order valence-corrected chi connectivity index (χ0v) is 9.53. The molecule has 1 aliphatic rings. The molecule has 82 valence electrons. The van der Waals surface area contributed by atoms with Crippen LogP contribution in [0, 0.1) is 5.92 Å². The Hall–Kier alpha value is -0.340. The quantitative estimate of drug-likeness (QED) is 0.646. The zero-order chi connectivity index (χ0) is 10.4. The van der Waals surface area contributed by atoms with E-state index in [2.05, 4.69) is 13.8 Å². The Labute approximate surface area is 87.3 Å². The fourth-order valence-corrected chi connectivity index (χ4v) is 1.88. The van der Waals surface area contributed by atoms with Gasteiger partial charge in [0.25, 0.3) is 0 Å². The minimum absolute atomic E-state index is 0.112. The van der Waals surface area contributed by atoms with Crippen molar-refractivity contribution in [2.24, 2.45) is 5.92 Å². The molecule has 3 atom stereocenters. The maximum absolute atomic E-state index is 5.86. The highest BCUT2D eigenvalue weighted by atomic mass is 16.7. The maximum atomic E-state index is 5.86. The third-order valence-electron chi connectivity index (χ3n) is 2.76. The highest BCUT2D eigenvalue weighted by Crippen LogP contribution is 2.25. The van der Waals surface area contributed by atoms with Crippen molar-refractivity contribution < 1.29 is 9.47 Å². The van der Waals surface area contributed by atoms with Crippen molar-refractivity contribution in [3.8, 4) is 0 Å². The van der Waals surface area contributed by atoms with Gasteiger partial charge in [0.1, 0.15) is 0 Å². The van der Waals surface area contributed by atoms with Crippen molar-refractivity contribution in [3.05, 3.63) is 12.2 Å². The van der Waals surface area contributed by atoms with Crippen LogP contribution in [-0.4, -0.2) is 19.0 Å². The summed E-state index contributed by atoms with van der Waals surface area (Å²) >= 11 is 0. The van der Waals surface area contributed by atoms with Crippen LogP contribution in [0.3, 0.4) is 0 Å². The molecule has 0 saturated carbocycles. The molecule has 0 aromatic rings. The predicted molar refractivity (Wildman–Crippen MR) is 58.1 cm³/mol. The van der Waals surface area contributed by atoms with Crippen molar-refractivity contribution in [2.75, 3.05) is 6.61 Å². The Bertz CT molecular complexity index is 177. The molecule has 0 unspecified atom stereocenters. The van der Waals surface area contributed by atoms with E-state index in [9.17, 15) is 0 Å². The minimum atomic E-state index is -0.112. The van der Waals surface area contributed by atoms with E-state index < -0.39 is 0 Å². The summed E-state index contributed by atoms with van der Waals surface area (Å²) in [6.45, 7) is 7.25. The van der Waals surface area contributed by atoms with Crippen LogP contribution in [-0.2, 0) is 9.47 Å². The van der Waals surface area contributed by atoms with Crippen molar-refractivity contribution in [1.82, 2.24) is 0 Å². The first-order chi connectivity index (χ1) is 6.81. The van der Waals surface area contributed by atoms with Crippen LogP contribution in [0.15, 0.2) is 12.2 Å². The monoisotopic (exact) mass is 198 g/mol. The number of hydrogen-bond donors (Lipinski definition) is 0. The fourth-order valence-electron chi connectivity index (χ4n) is 1.88. The van der Waals surface area contributed by atoms with Crippen LogP contribution in [0.4, 0.5) is 0 Å². The molecule has 14 heavy (non-hydrogen) atoms. The van der Waals surface area contributed by atoms with E-state index in [1.165, 1.54) is 6.42 Å². The first-order valence-electron chi connectivity index (χ1n) is 5.71. The Morgan fingerprint density at radius 1 is 1.36 bits per heavy atom. The second kappa shape index (κ2) is 6.20. The largest absolute Gasteiger partial charge is 0.349 e. The van der Waals surface area contributed by atoms with Crippen molar-refractivity contribution in [3.63, 3.8) is 0 Å². The van der Waals surface area contributed by atoms with Gasteiger partial charge in [-0.1, -0.05) is 26.3 Å². The summed E-state index contributed by atoms with van der Waals surface area (Å²) < 4.78 is 11.5. The van der Waals surface area contributed by atoms with Crippen molar-refractivity contribution in [1.29, 1.82) is 0 Å². The lowest BCUT2D eigenvalue weighted by molar-refractivity contribution is -0.215. The van der Waals surface area contributed by atoms with E-state index in [0.29, 0.717) is 12.0 Å². The molecule has 1 aliphatic heterocycles. The SMILES string of the molecule is C/C=C/[C@H]1OC[C@@H](CC)[C@H](CCC)O1. The smallest absolute Gasteiger partial charge is 0.177 e. The third kappa shape index (κ3) is 3.10. The standard InChI is InChI=1S/C12H22O2/c1-4-7-11-10(6-3)9-13-12(14-11)8-5-2/h5,8,10-12H,4,6-7,9H2,1-3H3/b8-5+/t10-,11+,12+/m1/s1. The Kier molecular flexibility index (Phi) is 5.20. The first-order valence-corrected chi connectivity index (χ1v) is 5.71. The van der Waals surface area contributed by atoms with Gasteiger partial charge in [-0.05, 0) is 25.8 Å². The van der Waals surface area contributed by atoms with E-state index in [0.717, 1.165) is 19.4 Å². The minimum Gasteiger partial charge on any atom is -0.349 e. The second-order valence-electron chi connectivity index (χ2n) is 3.86.